The van der Waals surface area contributed by atoms with Gasteiger partial charge in [-0.1, -0.05) is 23.7 Å². The number of sulfonamides is 1. The van der Waals surface area contributed by atoms with Gasteiger partial charge in [-0.15, -0.1) is 0 Å². The molecule has 0 aliphatic rings. The summed E-state index contributed by atoms with van der Waals surface area (Å²) in [6, 6.07) is 13.5. The Hall–Kier alpha value is -3.60. The van der Waals surface area contributed by atoms with Crippen LogP contribution in [-0.4, -0.2) is 49.9 Å². The molecule has 0 aliphatic carbocycles. The van der Waals surface area contributed by atoms with Gasteiger partial charge >= 0.3 is 0 Å². The van der Waals surface area contributed by atoms with Crippen molar-refractivity contribution in [2.45, 2.75) is 11.4 Å². The number of rotatable bonds is 6. The average molecular weight is 487 g/mol. The van der Waals surface area contributed by atoms with Crippen molar-refractivity contribution in [3.63, 3.8) is 0 Å². The first-order valence-corrected chi connectivity index (χ1v) is 11.5. The van der Waals surface area contributed by atoms with Crippen LogP contribution in [-0.2, 0) is 16.6 Å². The van der Waals surface area contributed by atoms with Crippen LogP contribution < -0.4 is 0 Å². The highest BCUT2D eigenvalue weighted by atomic mass is 35.5. The van der Waals surface area contributed by atoms with Crippen LogP contribution in [0.2, 0.25) is 5.02 Å². The zero-order valence-corrected chi connectivity index (χ0v) is 18.9. The van der Waals surface area contributed by atoms with Crippen molar-refractivity contribution < 1.29 is 23.7 Å². The Kier molecular flexibility index (Phi) is 5.98. The fourth-order valence-corrected chi connectivity index (χ4v) is 4.74. The normalized spacial score (nSPS) is 11.7. The lowest BCUT2D eigenvalue weighted by Gasteiger charge is -2.19. The molecule has 4 rings (SSSR count). The maximum atomic E-state index is 13.2. The Morgan fingerprint density at radius 3 is 2.45 bits per heavy atom. The summed E-state index contributed by atoms with van der Waals surface area (Å²) in [6.07, 6.45) is 2.91. The number of nitrogens with zero attached hydrogens (tertiary/aromatic N) is 4. The van der Waals surface area contributed by atoms with E-state index in [0.29, 0.717) is 16.4 Å². The molecule has 0 fully saturated rings. The number of aromatic nitrogens is 3. The molecule has 0 saturated carbocycles. The first kappa shape index (κ1) is 22.6. The van der Waals surface area contributed by atoms with Gasteiger partial charge in [0.15, 0.2) is 0 Å². The minimum Gasteiger partial charge on any atom is -0.507 e. The highest BCUT2D eigenvalue weighted by Crippen LogP contribution is 2.39. The monoisotopic (exact) mass is 486 g/mol. The van der Waals surface area contributed by atoms with Crippen LogP contribution in [0.3, 0.4) is 0 Å². The molecule has 3 N–H and O–H groups in total. The molecule has 0 amide bonds. The van der Waals surface area contributed by atoms with Gasteiger partial charge in [-0.05, 0) is 36.4 Å². The van der Waals surface area contributed by atoms with E-state index in [-0.39, 0.29) is 29.3 Å². The Balaban J connectivity index is 1.79. The van der Waals surface area contributed by atoms with E-state index in [0.717, 1.165) is 10.4 Å². The van der Waals surface area contributed by atoms with Gasteiger partial charge < -0.3 is 15.3 Å². The molecule has 0 spiro atoms. The van der Waals surface area contributed by atoms with Gasteiger partial charge in [0, 0.05) is 24.9 Å². The molecule has 0 aliphatic heterocycles. The average Bonchev–Trinajstić information content (AvgIpc) is 3.24. The van der Waals surface area contributed by atoms with Crippen LogP contribution in [0.5, 0.6) is 17.2 Å². The second-order valence-corrected chi connectivity index (χ2v) is 9.57. The van der Waals surface area contributed by atoms with E-state index in [1.165, 1.54) is 42.3 Å². The predicted octanol–water partition coefficient (Wildman–Crippen LogP) is 3.53. The molecule has 11 heteroatoms. The minimum absolute atomic E-state index is 0.123. The zero-order chi connectivity index (χ0) is 23.8. The van der Waals surface area contributed by atoms with Gasteiger partial charge in [-0.3, -0.25) is 4.98 Å². The maximum Gasteiger partial charge on any atom is 0.246 e. The number of pyridine rings is 1. The van der Waals surface area contributed by atoms with Crippen molar-refractivity contribution in [1.82, 2.24) is 19.1 Å². The fourth-order valence-electron chi connectivity index (χ4n) is 3.31. The molecule has 33 heavy (non-hydrogen) atoms. The van der Waals surface area contributed by atoms with Crippen molar-refractivity contribution in [3.05, 3.63) is 77.7 Å². The second-order valence-electron chi connectivity index (χ2n) is 7.15. The number of halogens is 1. The van der Waals surface area contributed by atoms with Crippen molar-refractivity contribution in [2.24, 2.45) is 0 Å². The smallest absolute Gasteiger partial charge is 0.246 e. The van der Waals surface area contributed by atoms with E-state index >= 15 is 0 Å². The fraction of sp³-hybridized carbons (Fsp3) is 0.0909. The lowest BCUT2D eigenvalue weighted by molar-refractivity contribution is 0.419. The van der Waals surface area contributed by atoms with E-state index < -0.39 is 20.7 Å². The number of para-hydroxylation sites is 1. The van der Waals surface area contributed by atoms with Crippen LogP contribution in [0.1, 0.15) is 5.69 Å². The summed E-state index contributed by atoms with van der Waals surface area (Å²) in [7, 11) is -2.94. The Morgan fingerprint density at radius 1 is 0.970 bits per heavy atom. The third kappa shape index (κ3) is 4.23. The highest BCUT2D eigenvalue weighted by Gasteiger charge is 2.28. The van der Waals surface area contributed by atoms with Crippen molar-refractivity contribution >= 4 is 21.6 Å². The van der Waals surface area contributed by atoms with Gasteiger partial charge in [0.2, 0.25) is 10.0 Å². The van der Waals surface area contributed by atoms with Crippen LogP contribution in [0.4, 0.5) is 0 Å². The topological polar surface area (TPSA) is 129 Å². The first-order chi connectivity index (χ1) is 15.7. The van der Waals surface area contributed by atoms with Crippen molar-refractivity contribution in [3.8, 4) is 34.2 Å². The SMILES string of the molecule is CN(Cc1ncccc1O)S(=O)(=O)c1cc(-c2ccnn2-c2ccccc2Cl)c(O)cc1O. The van der Waals surface area contributed by atoms with E-state index in [1.807, 2.05) is 0 Å². The van der Waals surface area contributed by atoms with Crippen molar-refractivity contribution in [1.29, 1.82) is 0 Å². The van der Waals surface area contributed by atoms with Crippen molar-refractivity contribution in [2.75, 3.05) is 7.05 Å². The maximum absolute atomic E-state index is 13.2. The summed E-state index contributed by atoms with van der Waals surface area (Å²) in [4.78, 5) is 3.56. The number of hydrogen-bond acceptors (Lipinski definition) is 7. The Labute approximate surface area is 194 Å². The van der Waals surface area contributed by atoms with E-state index in [4.69, 9.17) is 11.6 Å². The van der Waals surface area contributed by atoms with Crippen LogP contribution in [0.25, 0.3) is 16.9 Å². The molecule has 0 bridgehead atoms. The van der Waals surface area contributed by atoms with Crippen LogP contribution in [0.15, 0.2) is 71.9 Å². The second kappa shape index (κ2) is 8.74. The number of hydrogen-bond donors (Lipinski definition) is 3. The van der Waals surface area contributed by atoms with Gasteiger partial charge in [0.1, 0.15) is 22.1 Å². The Bertz CT molecular complexity index is 1440. The predicted molar refractivity (Wildman–Crippen MR) is 122 cm³/mol. The lowest BCUT2D eigenvalue weighted by Crippen LogP contribution is -2.27. The quantitative estimate of drug-likeness (QED) is 0.380. The summed E-state index contributed by atoms with van der Waals surface area (Å²) < 4.78 is 28.9. The molecule has 0 atom stereocenters. The van der Waals surface area contributed by atoms with E-state index in [2.05, 4.69) is 10.1 Å². The molecule has 2 aromatic carbocycles. The van der Waals surface area contributed by atoms with Gasteiger partial charge in [0.05, 0.1) is 34.8 Å². The molecular weight excluding hydrogens is 468 g/mol. The van der Waals surface area contributed by atoms with Crippen LogP contribution >= 0.6 is 11.6 Å². The molecule has 0 radical (unpaired) electrons. The van der Waals surface area contributed by atoms with E-state index in [1.54, 1.807) is 30.3 Å². The highest BCUT2D eigenvalue weighted by molar-refractivity contribution is 7.89. The number of phenolic OH excluding ortho intramolecular Hbond substituents is 2. The Morgan fingerprint density at radius 2 is 1.73 bits per heavy atom. The zero-order valence-electron chi connectivity index (χ0n) is 17.3. The summed E-state index contributed by atoms with van der Waals surface area (Å²) in [6.45, 7) is -0.234. The number of benzene rings is 2. The van der Waals surface area contributed by atoms with Crippen LogP contribution in [0, 0.1) is 0 Å². The molecular formula is C22H19ClN4O5S. The summed E-state index contributed by atoms with van der Waals surface area (Å²) in [5.74, 6) is -1.12. The minimum atomic E-state index is -4.24. The first-order valence-electron chi connectivity index (χ1n) is 9.64. The molecule has 170 valence electrons. The third-order valence-corrected chi connectivity index (χ3v) is 7.16. The molecule has 2 heterocycles. The van der Waals surface area contributed by atoms with Gasteiger partial charge in [-0.25, -0.2) is 13.1 Å². The lowest BCUT2D eigenvalue weighted by atomic mass is 10.1. The summed E-state index contributed by atoms with van der Waals surface area (Å²) in [5.41, 5.74) is 1.16. The van der Waals surface area contributed by atoms with E-state index in [9.17, 15) is 23.7 Å². The largest absolute Gasteiger partial charge is 0.507 e. The van der Waals surface area contributed by atoms with Gasteiger partial charge in [-0.2, -0.15) is 9.40 Å². The molecule has 2 aromatic heterocycles. The molecule has 0 unspecified atom stereocenters. The summed E-state index contributed by atoms with van der Waals surface area (Å²) in [5, 5.41) is 35.5. The number of aromatic hydroxyl groups is 3. The molecule has 0 saturated heterocycles. The number of phenols is 2. The molecule has 9 nitrogen and oxygen atoms in total. The third-order valence-electron chi connectivity index (χ3n) is 5.00. The van der Waals surface area contributed by atoms with Gasteiger partial charge in [0.25, 0.3) is 0 Å². The summed E-state index contributed by atoms with van der Waals surface area (Å²) >= 11 is 6.28. The standard InChI is InChI=1S/C22H19ClN4O5S/c1-26(13-16-19(28)7-4-9-24-16)33(31,32)22-11-14(20(29)12-21(22)30)17-8-10-25-27(17)18-6-3-2-5-15(18)23/h2-12,28-30H,13H2,1H3. The molecule has 4 aromatic rings.